The summed E-state index contributed by atoms with van der Waals surface area (Å²) in [5.74, 6) is -0.0489. The summed E-state index contributed by atoms with van der Waals surface area (Å²) in [4.78, 5) is 0. The van der Waals surface area contributed by atoms with E-state index in [-0.39, 0.29) is 23.7 Å². The van der Waals surface area contributed by atoms with Crippen LogP contribution in [-0.4, -0.2) is 29.9 Å². The van der Waals surface area contributed by atoms with Crippen LogP contribution < -0.4 is 10.1 Å². The zero-order chi connectivity index (χ0) is 15.0. The molecule has 0 aliphatic carbocycles. The molecule has 0 heterocycles. The number of rotatable bonds is 9. The standard InChI is InChI=1S/C16H26FNO2/c1-4-16(12-19,18-13(2)3)10-7-11-20-15-9-6-5-8-14(15)17/h5-6,8-9,13,18-19H,4,7,10-12H2,1-3H3. The highest BCUT2D eigenvalue weighted by Crippen LogP contribution is 2.20. The van der Waals surface area contributed by atoms with Gasteiger partial charge in [0.05, 0.1) is 13.2 Å². The van der Waals surface area contributed by atoms with Gasteiger partial charge in [-0.05, 0) is 31.4 Å². The number of ether oxygens (including phenoxy) is 1. The summed E-state index contributed by atoms with van der Waals surface area (Å²) < 4.78 is 18.8. The Morgan fingerprint density at radius 1 is 1.35 bits per heavy atom. The van der Waals surface area contributed by atoms with E-state index in [9.17, 15) is 9.50 Å². The lowest BCUT2D eigenvalue weighted by Crippen LogP contribution is -2.51. The van der Waals surface area contributed by atoms with Crippen LogP contribution in [0.3, 0.4) is 0 Å². The normalized spacial score (nSPS) is 14.3. The van der Waals surface area contributed by atoms with Gasteiger partial charge in [-0.15, -0.1) is 0 Å². The first-order valence-corrected chi connectivity index (χ1v) is 7.29. The summed E-state index contributed by atoms with van der Waals surface area (Å²) in [5.41, 5.74) is -0.271. The fraction of sp³-hybridized carbons (Fsp3) is 0.625. The van der Waals surface area contributed by atoms with Gasteiger partial charge in [0.1, 0.15) is 0 Å². The second-order valence-electron chi connectivity index (χ2n) is 5.47. The highest BCUT2D eigenvalue weighted by atomic mass is 19.1. The van der Waals surface area contributed by atoms with Crippen molar-refractivity contribution in [2.75, 3.05) is 13.2 Å². The van der Waals surface area contributed by atoms with Crippen LogP contribution >= 0.6 is 0 Å². The minimum absolute atomic E-state index is 0.0986. The smallest absolute Gasteiger partial charge is 0.165 e. The molecule has 0 aliphatic heterocycles. The zero-order valence-electron chi connectivity index (χ0n) is 12.7. The summed E-state index contributed by atoms with van der Waals surface area (Å²) in [6, 6.07) is 6.72. The van der Waals surface area contributed by atoms with Crippen LogP contribution in [0.25, 0.3) is 0 Å². The number of hydrogen-bond donors (Lipinski definition) is 2. The quantitative estimate of drug-likeness (QED) is 0.684. The molecule has 0 saturated heterocycles. The molecule has 0 fully saturated rings. The van der Waals surface area contributed by atoms with Crippen molar-refractivity contribution in [2.45, 2.75) is 51.6 Å². The van der Waals surface area contributed by atoms with E-state index in [2.05, 4.69) is 26.1 Å². The fourth-order valence-corrected chi connectivity index (χ4v) is 2.35. The molecule has 1 atom stereocenters. The van der Waals surface area contributed by atoms with Crippen LogP contribution in [0, 0.1) is 5.82 Å². The molecule has 0 aliphatic rings. The predicted molar refractivity (Wildman–Crippen MR) is 79.5 cm³/mol. The Morgan fingerprint density at radius 2 is 2.05 bits per heavy atom. The number of benzene rings is 1. The molecule has 4 heteroatoms. The minimum atomic E-state index is -0.336. The van der Waals surface area contributed by atoms with Crippen molar-refractivity contribution in [1.82, 2.24) is 5.32 Å². The summed E-state index contributed by atoms with van der Waals surface area (Å²) in [5, 5.41) is 13.0. The van der Waals surface area contributed by atoms with E-state index in [1.807, 2.05) is 0 Å². The monoisotopic (exact) mass is 283 g/mol. The van der Waals surface area contributed by atoms with E-state index < -0.39 is 0 Å². The molecule has 20 heavy (non-hydrogen) atoms. The lowest BCUT2D eigenvalue weighted by atomic mass is 9.90. The maximum absolute atomic E-state index is 13.4. The van der Waals surface area contributed by atoms with E-state index >= 15 is 0 Å². The van der Waals surface area contributed by atoms with Crippen molar-refractivity contribution in [2.24, 2.45) is 0 Å². The fourth-order valence-electron chi connectivity index (χ4n) is 2.35. The van der Waals surface area contributed by atoms with Crippen molar-refractivity contribution >= 4 is 0 Å². The SMILES string of the molecule is CCC(CO)(CCCOc1ccccc1F)NC(C)C. The average Bonchev–Trinajstić information content (AvgIpc) is 2.43. The Morgan fingerprint density at radius 3 is 2.60 bits per heavy atom. The van der Waals surface area contributed by atoms with Gasteiger partial charge < -0.3 is 15.2 Å². The van der Waals surface area contributed by atoms with Crippen LogP contribution in [-0.2, 0) is 0 Å². The van der Waals surface area contributed by atoms with Crippen LogP contribution in [0.4, 0.5) is 4.39 Å². The predicted octanol–water partition coefficient (Wildman–Crippen LogP) is 3.12. The molecule has 0 radical (unpaired) electrons. The van der Waals surface area contributed by atoms with Gasteiger partial charge in [-0.2, -0.15) is 0 Å². The van der Waals surface area contributed by atoms with Crippen molar-refractivity contribution in [3.8, 4) is 5.75 Å². The lowest BCUT2D eigenvalue weighted by molar-refractivity contribution is 0.129. The number of nitrogens with one attached hydrogen (secondary N) is 1. The Hall–Kier alpha value is -1.13. The van der Waals surface area contributed by atoms with E-state index in [0.717, 1.165) is 19.3 Å². The van der Waals surface area contributed by atoms with E-state index in [0.29, 0.717) is 12.6 Å². The second kappa shape index (κ2) is 8.22. The number of halogens is 1. The molecular formula is C16H26FNO2. The van der Waals surface area contributed by atoms with E-state index in [1.54, 1.807) is 18.2 Å². The third-order valence-electron chi connectivity index (χ3n) is 3.47. The van der Waals surface area contributed by atoms with Crippen molar-refractivity contribution in [1.29, 1.82) is 0 Å². The maximum atomic E-state index is 13.4. The Balaban J connectivity index is 2.43. The number of aliphatic hydroxyl groups is 1. The highest BCUT2D eigenvalue weighted by molar-refractivity contribution is 5.23. The summed E-state index contributed by atoms with van der Waals surface area (Å²) in [6.07, 6.45) is 2.41. The Bertz CT molecular complexity index is 392. The topological polar surface area (TPSA) is 41.5 Å². The molecule has 1 aromatic rings. The molecule has 1 aromatic carbocycles. The van der Waals surface area contributed by atoms with Crippen LogP contribution in [0.5, 0.6) is 5.75 Å². The lowest BCUT2D eigenvalue weighted by Gasteiger charge is -2.34. The summed E-state index contributed by atoms with van der Waals surface area (Å²) in [6.45, 7) is 6.74. The van der Waals surface area contributed by atoms with Gasteiger partial charge in [-0.25, -0.2) is 4.39 Å². The van der Waals surface area contributed by atoms with Gasteiger partial charge in [0.2, 0.25) is 0 Å². The first-order valence-electron chi connectivity index (χ1n) is 7.29. The van der Waals surface area contributed by atoms with E-state index in [4.69, 9.17) is 4.74 Å². The highest BCUT2D eigenvalue weighted by Gasteiger charge is 2.27. The van der Waals surface area contributed by atoms with Gasteiger partial charge in [-0.3, -0.25) is 0 Å². The second-order valence-corrected chi connectivity index (χ2v) is 5.47. The van der Waals surface area contributed by atoms with Crippen LogP contribution in [0.1, 0.15) is 40.0 Å². The largest absolute Gasteiger partial charge is 0.491 e. The van der Waals surface area contributed by atoms with Gasteiger partial charge in [0, 0.05) is 11.6 Å². The number of para-hydroxylation sites is 1. The molecular weight excluding hydrogens is 257 g/mol. The minimum Gasteiger partial charge on any atom is -0.491 e. The molecule has 0 amide bonds. The maximum Gasteiger partial charge on any atom is 0.165 e. The van der Waals surface area contributed by atoms with Gasteiger partial charge in [0.25, 0.3) is 0 Å². The summed E-state index contributed by atoms with van der Waals surface area (Å²) >= 11 is 0. The molecule has 3 nitrogen and oxygen atoms in total. The molecule has 0 bridgehead atoms. The molecule has 1 rings (SSSR count). The van der Waals surface area contributed by atoms with E-state index in [1.165, 1.54) is 6.07 Å². The molecule has 0 saturated carbocycles. The van der Waals surface area contributed by atoms with Crippen LogP contribution in [0.15, 0.2) is 24.3 Å². The van der Waals surface area contributed by atoms with Crippen molar-refractivity contribution in [3.63, 3.8) is 0 Å². The Kier molecular flexibility index (Phi) is 6.96. The molecule has 114 valence electrons. The van der Waals surface area contributed by atoms with Crippen molar-refractivity contribution < 1.29 is 14.2 Å². The third-order valence-corrected chi connectivity index (χ3v) is 3.47. The first-order chi connectivity index (χ1) is 9.53. The number of hydrogen-bond acceptors (Lipinski definition) is 3. The molecule has 0 aromatic heterocycles. The van der Waals surface area contributed by atoms with Crippen LogP contribution in [0.2, 0.25) is 0 Å². The van der Waals surface area contributed by atoms with Gasteiger partial charge in [-0.1, -0.05) is 32.9 Å². The summed E-state index contributed by atoms with van der Waals surface area (Å²) in [7, 11) is 0. The third kappa shape index (κ3) is 5.10. The number of aliphatic hydroxyl groups excluding tert-OH is 1. The average molecular weight is 283 g/mol. The zero-order valence-corrected chi connectivity index (χ0v) is 12.7. The molecule has 1 unspecified atom stereocenters. The first kappa shape index (κ1) is 16.9. The Labute approximate surface area is 121 Å². The molecule has 2 N–H and O–H groups in total. The van der Waals surface area contributed by atoms with Gasteiger partial charge in [0.15, 0.2) is 11.6 Å². The van der Waals surface area contributed by atoms with Crippen molar-refractivity contribution in [3.05, 3.63) is 30.1 Å². The molecule has 0 spiro atoms. The van der Waals surface area contributed by atoms with Gasteiger partial charge >= 0.3 is 0 Å².